The molecule has 4 rings (SSSR count). The molecule has 2 N–H and O–H groups in total. The third kappa shape index (κ3) is 4.57. The van der Waals surface area contributed by atoms with Crippen molar-refractivity contribution in [2.24, 2.45) is 0 Å². The second-order valence-electron chi connectivity index (χ2n) is 8.43. The van der Waals surface area contributed by atoms with Gasteiger partial charge in [-0.15, -0.1) is 0 Å². The minimum atomic E-state index is -0.140. The molecule has 156 valence electrons. The minimum absolute atomic E-state index is 0.0157. The number of pyridine rings is 1. The van der Waals surface area contributed by atoms with Crippen LogP contribution in [-0.2, 0) is 6.54 Å². The zero-order chi connectivity index (χ0) is 20.2. The quantitative estimate of drug-likeness (QED) is 0.789. The lowest BCUT2D eigenvalue weighted by Crippen LogP contribution is -2.49. The van der Waals surface area contributed by atoms with E-state index in [1.54, 1.807) is 7.11 Å². The Kier molecular flexibility index (Phi) is 6.07. The number of H-pyrrole nitrogens is 1. The highest BCUT2D eigenvalue weighted by molar-refractivity contribution is 5.80. The van der Waals surface area contributed by atoms with Crippen molar-refractivity contribution in [1.29, 1.82) is 0 Å². The second-order valence-corrected chi connectivity index (χ2v) is 8.43. The van der Waals surface area contributed by atoms with E-state index < -0.39 is 0 Å². The molecule has 2 aromatic rings. The Labute approximate surface area is 171 Å². The summed E-state index contributed by atoms with van der Waals surface area (Å²) in [6.07, 6.45) is 10.1. The van der Waals surface area contributed by atoms with Gasteiger partial charge in [0.2, 0.25) is 0 Å². The first-order chi connectivity index (χ1) is 14.1. The molecular weight excluding hydrogens is 366 g/mol. The normalized spacial score (nSPS) is 18.1. The number of urea groups is 1. The molecule has 0 bridgehead atoms. The smallest absolute Gasteiger partial charge is 0.318 e. The van der Waals surface area contributed by atoms with Crippen LogP contribution in [0.15, 0.2) is 29.1 Å². The monoisotopic (exact) mass is 397 g/mol. The lowest BCUT2D eigenvalue weighted by molar-refractivity contribution is 0.164. The topological polar surface area (TPSA) is 74.4 Å². The third-order valence-corrected chi connectivity index (χ3v) is 6.43. The van der Waals surface area contributed by atoms with E-state index in [-0.39, 0.29) is 23.7 Å². The number of fused-ring (bicyclic) bond motifs is 1. The molecule has 0 radical (unpaired) electrons. The van der Waals surface area contributed by atoms with Crippen molar-refractivity contribution in [3.05, 3.63) is 40.2 Å². The van der Waals surface area contributed by atoms with Crippen LogP contribution in [0.2, 0.25) is 0 Å². The van der Waals surface area contributed by atoms with E-state index in [0.717, 1.165) is 49.4 Å². The number of carbonyl (C=O) groups is 1. The molecule has 2 fully saturated rings. The van der Waals surface area contributed by atoms with Crippen molar-refractivity contribution < 1.29 is 9.53 Å². The molecule has 2 aliphatic carbocycles. The van der Waals surface area contributed by atoms with Gasteiger partial charge in [-0.25, -0.2) is 4.79 Å². The maximum Gasteiger partial charge on any atom is 0.318 e. The molecule has 2 aliphatic rings. The van der Waals surface area contributed by atoms with Crippen LogP contribution in [0.1, 0.15) is 63.4 Å². The molecule has 1 heterocycles. The Morgan fingerprint density at radius 3 is 2.55 bits per heavy atom. The van der Waals surface area contributed by atoms with Gasteiger partial charge >= 0.3 is 6.03 Å². The molecule has 0 spiro atoms. The fraction of sp³-hybridized carbons (Fsp3) is 0.565. The molecule has 0 saturated heterocycles. The van der Waals surface area contributed by atoms with Gasteiger partial charge in [-0.2, -0.15) is 0 Å². The van der Waals surface area contributed by atoms with Crippen molar-refractivity contribution in [2.75, 3.05) is 7.11 Å². The number of nitrogens with zero attached hydrogens (tertiary/aromatic N) is 1. The molecule has 1 aromatic carbocycles. The zero-order valence-corrected chi connectivity index (χ0v) is 17.2. The van der Waals surface area contributed by atoms with E-state index in [2.05, 4.69) is 10.3 Å². The minimum Gasteiger partial charge on any atom is -0.497 e. The van der Waals surface area contributed by atoms with Crippen LogP contribution in [0.25, 0.3) is 10.9 Å². The summed E-state index contributed by atoms with van der Waals surface area (Å²) < 4.78 is 5.24. The number of hydrogen-bond donors (Lipinski definition) is 2. The average Bonchev–Trinajstić information content (AvgIpc) is 3.27. The first-order valence-electron chi connectivity index (χ1n) is 10.9. The van der Waals surface area contributed by atoms with Crippen LogP contribution in [-0.4, -0.2) is 35.1 Å². The molecular formula is C23H31N3O3. The van der Waals surface area contributed by atoms with Gasteiger partial charge in [-0.3, -0.25) is 4.79 Å². The van der Waals surface area contributed by atoms with E-state index in [9.17, 15) is 9.59 Å². The molecule has 2 amide bonds. The summed E-state index contributed by atoms with van der Waals surface area (Å²) in [5.74, 6) is 0.709. The lowest BCUT2D eigenvalue weighted by atomic mass is 9.96. The van der Waals surface area contributed by atoms with Crippen molar-refractivity contribution in [2.45, 2.75) is 76.4 Å². The van der Waals surface area contributed by atoms with Gasteiger partial charge in [0, 0.05) is 23.7 Å². The molecule has 6 nitrogen and oxygen atoms in total. The summed E-state index contributed by atoms with van der Waals surface area (Å²) in [6.45, 7) is 0.348. The van der Waals surface area contributed by atoms with E-state index >= 15 is 0 Å². The van der Waals surface area contributed by atoms with E-state index in [0.29, 0.717) is 17.9 Å². The number of benzene rings is 1. The van der Waals surface area contributed by atoms with Gasteiger partial charge in [0.1, 0.15) is 5.75 Å². The fourth-order valence-corrected chi connectivity index (χ4v) is 4.74. The highest BCUT2D eigenvalue weighted by Crippen LogP contribution is 2.26. The summed E-state index contributed by atoms with van der Waals surface area (Å²) >= 11 is 0. The Bertz CT molecular complexity index is 911. The SMILES string of the molecule is COc1ccc2cc(CN(C(=O)NC3CCCCC3)C3CCCC3)c(=O)[nH]c2c1. The highest BCUT2D eigenvalue weighted by Gasteiger charge is 2.29. The highest BCUT2D eigenvalue weighted by atomic mass is 16.5. The predicted molar refractivity (Wildman–Crippen MR) is 114 cm³/mol. The number of methoxy groups -OCH3 is 1. The van der Waals surface area contributed by atoms with E-state index in [1.165, 1.54) is 19.3 Å². The largest absolute Gasteiger partial charge is 0.497 e. The second kappa shape index (κ2) is 8.89. The van der Waals surface area contributed by atoms with Crippen LogP contribution in [0, 0.1) is 0 Å². The summed E-state index contributed by atoms with van der Waals surface area (Å²) in [7, 11) is 1.61. The number of hydrogen-bond acceptors (Lipinski definition) is 3. The van der Waals surface area contributed by atoms with Gasteiger partial charge in [0.05, 0.1) is 19.2 Å². The first kappa shape index (κ1) is 19.8. The van der Waals surface area contributed by atoms with Gasteiger partial charge in [0.25, 0.3) is 5.56 Å². The molecule has 0 unspecified atom stereocenters. The maximum atomic E-state index is 13.1. The van der Waals surface area contributed by atoms with Crippen molar-refractivity contribution in [3.8, 4) is 5.75 Å². The maximum absolute atomic E-state index is 13.1. The Hall–Kier alpha value is -2.50. The molecule has 0 atom stereocenters. The molecule has 1 aromatic heterocycles. The van der Waals surface area contributed by atoms with Crippen LogP contribution in [0.5, 0.6) is 5.75 Å². The first-order valence-corrected chi connectivity index (χ1v) is 10.9. The number of carbonyl (C=O) groups excluding carboxylic acids is 1. The predicted octanol–water partition coefficient (Wildman–Crippen LogP) is 4.32. The summed E-state index contributed by atoms with van der Waals surface area (Å²) in [5.41, 5.74) is 1.24. The Morgan fingerprint density at radius 2 is 1.83 bits per heavy atom. The number of rotatable bonds is 5. The Balaban J connectivity index is 1.57. The summed E-state index contributed by atoms with van der Waals surface area (Å²) in [4.78, 5) is 30.7. The average molecular weight is 398 g/mol. The van der Waals surface area contributed by atoms with Crippen molar-refractivity contribution in [1.82, 2.24) is 15.2 Å². The van der Waals surface area contributed by atoms with Crippen molar-refractivity contribution >= 4 is 16.9 Å². The third-order valence-electron chi connectivity index (χ3n) is 6.43. The zero-order valence-electron chi connectivity index (χ0n) is 17.2. The van der Waals surface area contributed by atoms with Crippen LogP contribution in [0.4, 0.5) is 4.79 Å². The number of aromatic amines is 1. The van der Waals surface area contributed by atoms with Crippen LogP contribution >= 0.6 is 0 Å². The molecule has 29 heavy (non-hydrogen) atoms. The summed E-state index contributed by atoms with van der Waals surface area (Å²) in [6, 6.07) is 8.02. The number of nitrogens with one attached hydrogen (secondary N) is 2. The van der Waals surface area contributed by atoms with Gasteiger partial charge < -0.3 is 19.9 Å². The Morgan fingerprint density at radius 1 is 1.10 bits per heavy atom. The summed E-state index contributed by atoms with van der Waals surface area (Å²) in [5, 5.41) is 4.19. The van der Waals surface area contributed by atoms with E-state index in [4.69, 9.17) is 4.74 Å². The lowest BCUT2D eigenvalue weighted by Gasteiger charge is -2.32. The van der Waals surface area contributed by atoms with Gasteiger partial charge in [0.15, 0.2) is 0 Å². The van der Waals surface area contributed by atoms with Gasteiger partial charge in [-0.05, 0) is 49.3 Å². The number of amides is 2. The standard InChI is InChI=1S/C23H31N3O3/c1-29-20-12-11-16-13-17(22(27)25-21(16)14-20)15-26(19-9-5-6-10-19)23(28)24-18-7-3-2-4-8-18/h11-14,18-19H,2-10,15H2,1H3,(H,24,28)(H,25,27). The number of aromatic nitrogens is 1. The number of ether oxygens (including phenoxy) is 1. The molecule has 2 saturated carbocycles. The molecule has 0 aliphatic heterocycles. The fourth-order valence-electron chi connectivity index (χ4n) is 4.74. The van der Waals surface area contributed by atoms with Crippen LogP contribution in [0.3, 0.4) is 0 Å². The van der Waals surface area contributed by atoms with Crippen LogP contribution < -0.4 is 15.6 Å². The molecule has 6 heteroatoms. The van der Waals surface area contributed by atoms with Gasteiger partial charge in [-0.1, -0.05) is 32.1 Å². The van der Waals surface area contributed by atoms with E-state index in [1.807, 2.05) is 29.2 Å². The van der Waals surface area contributed by atoms with Crippen molar-refractivity contribution in [3.63, 3.8) is 0 Å².